The number of hydrogen-bond donors (Lipinski definition) is 2. The fraction of sp³-hybridized carbons (Fsp3) is 0.235. The molecule has 0 bridgehead atoms. The van der Waals surface area contributed by atoms with E-state index in [0.29, 0.717) is 11.3 Å². The predicted octanol–water partition coefficient (Wildman–Crippen LogP) is 3.34. The third-order valence-corrected chi connectivity index (χ3v) is 3.38. The number of amides is 1. The van der Waals surface area contributed by atoms with E-state index in [1.165, 1.54) is 7.11 Å². The highest BCUT2D eigenvalue weighted by atomic mass is 16.5. The van der Waals surface area contributed by atoms with Crippen LogP contribution in [0.3, 0.4) is 0 Å². The zero-order chi connectivity index (χ0) is 15.4. The number of nitrogens with one attached hydrogen (secondary N) is 1. The number of carbonyl (C=O) groups excluding carboxylic acids is 1. The van der Waals surface area contributed by atoms with Crippen molar-refractivity contribution in [2.45, 2.75) is 20.0 Å². The summed E-state index contributed by atoms with van der Waals surface area (Å²) in [6.07, 6.45) is -0.667. The molecule has 2 N–H and O–H groups in total. The number of methoxy groups -OCH3 is 1. The van der Waals surface area contributed by atoms with Gasteiger partial charge in [0.1, 0.15) is 5.75 Å². The van der Waals surface area contributed by atoms with Crippen LogP contribution in [0, 0.1) is 13.8 Å². The molecule has 0 aliphatic heterocycles. The third-order valence-electron chi connectivity index (χ3n) is 3.38. The number of phenols is 1. The van der Waals surface area contributed by atoms with Crippen LogP contribution in [0.4, 0.5) is 5.69 Å². The van der Waals surface area contributed by atoms with Crippen LogP contribution in [0.15, 0.2) is 42.5 Å². The van der Waals surface area contributed by atoms with Crippen molar-refractivity contribution >= 4 is 11.6 Å². The van der Waals surface area contributed by atoms with Crippen molar-refractivity contribution < 1.29 is 14.6 Å². The first kappa shape index (κ1) is 15.1. The number of ether oxygens (including phenoxy) is 1. The molecule has 2 aromatic carbocycles. The predicted molar refractivity (Wildman–Crippen MR) is 82.4 cm³/mol. The first-order valence-corrected chi connectivity index (χ1v) is 6.71. The van der Waals surface area contributed by atoms with E-state index in [2.05, 4.69) is 5.32 Å². The standard InChI is InChI=1S/C17H19NO3/c1-11-10-15(19)12(2)9-14(11)18-17(20)16(21-3)13-7-5-4-6-8-13/h4-10,16,19H,1-3H3,(H,18,20). The summed E-state index contributed by atoms with van der Waals surface area (Å²) in [5.74, 6) is -0.0197. The molecule has 0 fully saturated rings. The number of hydrogen-bond acceptors (Lipinski definition) is 3. The van der Waals surface area contributed by atoms with E-state index in [1.54, 1.807) is 19.1 Å². The molecule has 0 heterocycles. The number of phenolic OH excluding ortho intramolecular Hbond substituents is 1. The van der Waals surface area contributed by atoms with Gasteiger partial charge in [-0.1, -0.05) is 30.3 Å². The van der Waals surface area contributed by atoms with E-state index in [9.17, 15) is 9.90 Å². The second kappa shape index (κ2) is 6.41. The van der Waals surface area contributed by atoms with E-state index in [-0.39, 0.29) is 11.7 Å². The van der Waals surface area contributed by atoms with Gasteiger partial charge in [-0.05, 0) is 42.7 Å². The molecule has 21 heavy (non-hydrogen) atoms. The van der Waals surface area contributed by atoms with Gasteiger partial charge in [-0.2, -0.15) is 0 Å². The average Bonchev–Trinajstić information content (AvgIpc) is 2.46. The van der Waals surface area contributed by atoms with E-state index in [1.807, 2.05) is 37.3 Å². The lowest BCUT2D eigenvalue weighted by atomic mass is 10.1. The Kier molecular flexibility index (Phi) is 4.60. The van der Waals surface area contributed by atoms with Gasteiger partial charge in [-0.25, -0.2) is 0 Å². The molecule has 1 amide bonds. The lowest BCUT2D eigenvalue weighted by Gasteiger charge is -2.17. The summed E-state index contributed by atoms with van der Waals surface area (Å²) < 4.78 is 5.30. The summed E-state index contributed by atoms with van der Waals surface area (Å²) in [6, 6.07) is 12.7. The number of aromatic hydroxyl groups is 1. The molecular weight excluding hydrogens is 266 g/mol. The van der Waals surface area contributed by atoms with Crippen LogP contribution in [-0.4, -0.2) is 18.1 Å². The van der Waals surface area contributed by atoms with E-state index >= 15 is 0 Å². The first-order chi connectivity index (χ1) is 10.0. The number of aryl methyl sites for hydroxylation is 2. The summed E-state index contributed by atoms with van der Waals surface area (Å²) in [5, 5.41) is 12.5. The second-order valence-electron chi connectivity index (χ2n) is 4.97. The van der Waals surface area contributed by atoms with E-state index in [4.69, 9.17) is 4.74 Å². The Morgan fingerprint density at radius 2 is 1.81 bits per heavy atom. The molecule has 0 radical (unpaired) electrons. The summed E-state index contributed by atoms with van der Waals surface area (Å²) in [6.45, 7) is 3.62. The average molecular weight is 285 g/mol. The molecule has 0 spiro atoms. The minimum Gasteiger partial charge on any atom is -0.508 e. The van der Waals surface area contributed by atoms with Crippen molar-refractivity contribution in [1.29, 1.82) is 0 Å². The van der Waals surface area contributed by atoms with Crippen LogP contribution in [0.2, 0.25) is 0 Å². The molecular formula is C17H19NO3. The lowest BCUT2D eigenvalue weighted by Crippen LogP contribution is -2.23. The molecule has 1 atom stereocenters. The fourth-order valence-electron chi connectivity index (χ4n) is 2.16. The summed E-state index contributed by atoms with van der Waals surface area (Å²) in [5.41, 5.74) is 2.98. The van der Waals surface area contributed by atoms with Crippen LogP contribution in [0.5, 0.6) is 5.75 Å². The molecule has 0 saturated carbocycles. The molecule has 2 rings (SSSR count). The maximum atomic E-state index is 12.4. The van der Waals surface area contributed by atoms with Crippen molar-refractivity contribution in [1.82, 2.24) is 0 Å². The third kappa shape index (κ3) is 3.41. The van der Waals surface area contributed by atoms with Gasteiger partial charge in [0.05, 0.1) is 0 Å². The maximum Gasteiger partial charge on any atom is 0.258 e. The summed E-state index contributed by atoms with van der Waals surface area (Å²) >= 11 is 0. The van der Waals surface area contributed by atoms with Crippen molar-refractivity contribution in [3.63, 3.8) is 0 Å². The Balaban J connectivity index is 2.23. The van der Waals surface area contributed by atoms with Gasteiger partial charge < -0.3 is 15.2 Å². The number of carbonyl (C=O) groups is 1. The topological polar surface area (TPSA) is 58.6 Å². The number of rotatable bonds is 4. The van der Waals surface area contributed by atoms with E-state index in [0.717, 1.165) is 11.1 Å². The van der Waals surface area contributed by atoms with Crippen molar-refractivity contribution in [2.24, 2.45) is 0 Å². The number of benzene rings is 2. The van der Waals surface area contributed by atoms with Crippen molar-refractivity contribution in [3.8, 4) is 5.75 Å². The molecule has 0 aromatic heterocycles. The SMILES string of the molecule is COC(C(=O)Nc1cc(C)c(O)cc1C)c1ccccc1. The first-order valence-electron chi connectivity index (χ1n) is 6.71. The molecule has 1 unspecified atom stereocenters. The highest BCUT2D eigenvalue weighted by Crippen LogP contribution is 2.26. The fourth-order valence-corrected chi connectivity index (χ4v) is 2.16. The minimum atomic E-state index is -0.667. The normalized spacial score (nSPS) is 12.0. The van der Waals surface area contributed by atoms with Crippen LogP contribution in [0.1, 0.15) is 22.8 Å². The van der Waals surface area contributed by atoms with Gasteiger partial charge in [0.15, 0.2) is 6.10 Å². The molecule has 4 nitrogen and oxygen atoms in total. The Morgan fingerprint density at radius 1 is 1.14 bits per heavy atom. The van der Waals surface area contributed by atoms with Gasteiger partial charge in [0.2, 0.25) is 0 Å². The van der Waals surface area contributed by atoms with Crippen LogP contribution in [-0.2, 0) is 9.53 Å². The van der Waals surface area contributed by atoms with Gasteiger partial charge in [-0.15, -0.1) is 0 Å². The lowest BCUT2D eigenvalue weighted by molar-refractivity contribution is -0.126. The molecule has 110 valence electrons. The molecule has 4 heteroatoms. The highest BCUT2D eigenvalue weighted by Gasteiger charge is 2.20. The maximum absolute atomic E-state index is 12.4. The molecule has 2 aromatic rings. The zero-order valence-electron chi connectivity index (χ0n) is 12.4. The van der Waals surface area contributed by atoms with Gasteiger partial charge in [0, 0.05) is 12.8 Å². The minimum absolute atomic E-state index is 0.219. The molecule has 0 aliphatic carbocycles. The summed E-state index contributed by atoms with van der Waals surface area (Å²) in [4.78, 5) is 12.4. The van der Waals surface area contributed by atoms with Crippen LogP contribution >= 0.6 is 0 Å². The Hall–Kier alpha value is -2.33. The zero-order valence-corrected chi connectivity index (χ0v) is 12.4. The molecule has 0 aliphatic rings. The number of anilines is 1. The van der Waals surface area contributed by atoms with Crippen molar-refractivity contribution in [3.05, 3.63) is 59.2 Å². The van der Waals surface area contributed by atoms with E-state index < -0.39 is 6.10 Å². The van der Waals surface area contributed by atoms with Crippen molar-refractivity contribution in [2.75, 3.05) is 12.4 Å². The Bertz CT molecular complexity index is 638. The molecule has 0 saturated heterocycles. The van der Waals surface area contributed by atoms with Crippen LogP contribution < -0.4 is 5.32 Å². The second-order valence-corrected chi connectivity index (χ2v) is 4.97. The quantitative estimate of drug-likeness (QED) is 0.847. The van der Waals surface area contributed by atoms with Gasteiger partial charge in [-0.3, -0.25) is 4.79 Å². The Labute approximate surface area is 124 Å². The summed E-state index contributed by atoms with van der Waals surface area (Å²) in [7, 11) is 1.51. The largest absolute Gasteiger partial charge is 0.508 e. The highest BCUT2D eigenvalue weighted by molar-refractivity contribution is 5.95. The smallest absolute Gasteiger partial charge is 0.258 e. The van der Waals surface area contributed by atoms with Crippen LogP contribution in [0.25, 0.3) is 0 Å². The Morgan fingerprint density at radius 3 is 2.43 bits per heavy atom. The van der Waals surface area contributed by atoms with Gasteiger partial charge >= 0.3 is 0 Å². The van der Waals surface area contributed by atoms with Gasteiger partial charge in [0.25, 0.3) is 5.91 Å². The monoisotopic (exact) mass is 285 g/mol.